The normalized spacial score (nSPS) is 11.2. The summed E-state index contributed by atoms with van der Waals surface area (Å²) in [5.41, 5.74) is 2.57. The largest absolute Gasteiger partial charge is 0.493 e. The van der Waals surface area contributed by atoms with E-state index in [-0.39, 0.29) is 17.5 Å². The number of carbonyl (C=O) groups is 1. The fourth-order valence-electron chi connectivity index (χ4n) is 2.56. The van der Waals surface area contributed by atoms with Crippen LogP contribution in [0.1, 0.15) is 30.9 Å². The van der Waals surface area contributed by atoms with Crippen LogP contribution in [-0.2, 0) is 4.79 Å². The quantitative estimate of drug-likeness (QED) is 0.574. The molecule has 0 aliphatic heterocycles. The second-order valence-electron chi connectivity index (χ2n) is 5.43. The van der Waals surface area contributed by atoms with Crippen molar-refractivity contribution < 1.29 is 18.3 Å². The first-order valence-electron chi connectivity index (χ1n) is 7.27. The van der Waals surface area contributed by atoms with Gasteiger partial charge < -0.3 is 4.74 Å². The molecule has 0 heterocycles. The molecule has 0 radical (unpaired) electrons. The average molecular weight is 316 g/mol. The molecule has 0 unspecified atom stereocenters. The van der Waals surface area contributed by atoms with E-state index >= 15 is 0 Å². The number of ether oxygens (including phenoxy) is 1. The van der Waals surface area contributed by atoms with E-state index in [1.54, 1.807) is 18.2 Å². The fraction of sp³-hybridized carbons (Fsp3) is 0.211. The molecule has 0 saturated heterocycles. The van der Waals surface area contributed by atoms with Gasteiger partial charge in [-0.05, 0) is 46.9 Å². The van der Waals surface area contributed by atoms with Crippen molar-refractivity contribution >= 4 is 12.4 Å². The van der Waals surface area contributed by atoms with Gasteiger partial charge in [0.15, 0.2) is 11.6 Å². The van der Waals surface area contributed by atoms with E-state index in [0.717, 1.165) is 5.56 Å². The lowest BCUT2D eigenvalue weighted by atomic mass is 9.89. The zero-order valence-electron chi connectivity index (χ0n) is 13.3. The maximum atomic E-state index is 14.4. The van der Waals surface area contributed by atoms with Crippen LogP contribution in [0.3, 0.4) is 0 Å². The summed E-state index contributed by atoms with van der Waals surface area (Å²) < 4.78 is 32.9. The Labute approximate surface area is 134 Å². The summed E-state index contributed by atoms with van der Waals surface area (Å²) in [4.78, 5) is 10.7. The van der Waals surface area contributed by atoms with Crippen LogP contribution in [0, 0.1) is 11.6 Å². The first-order chi connectivity index (χ1) is 11.0. The molecule has 23 heavy (non-hydrogen) atoms. The molecule has 0 aliphatic carbocycles. The van der Waals surface area contributed by atoms with Crippen LogP contribution in [0.2, 0.25) is 0 Å². The zero-order chi connectivity index (χ0) is 17.0. The van der Waals surface area contributed by atoms with Gasteiger partial charge in [0.2, 0.25) is 0 Å². The third kappa shape index (κ3) is 3.47. The Bertz CT molecular complexity index is 732. The van der Waals surface area contributed by atoms with Crippen LogP contribution in [0.25, 0.3) is 17.2 Å². The molecule has 0 aliphatic rings. The second-order valence-corrected chi connectivity index (χ2v) is 5.43. The van der Waals surface area contributed by atoms with Crippen LogP contribution in [0.15, 0.2) is 36.4 Å². The van der Waals surface area contributed by atoms with Crippen LogP contribution >= 0.6 is 0 Å². The Kier molecular flexibility index (Phi) is 5.27. The number of allylic oxidation sites excluding steroid dienone is 1. The molecule has 2 aromatic carbocycles. The number of hydrogen-bond donors (Lipinski definition) is 0. The smallest absolute Gasteiger partial charge is 0.166 e. The SMILES string of the molecule is COc1c(F)cc(C(C)C)c(C=CC=O)c1-c1ccc(F)cc1. The van der Waals surface area contributed by atoms with Gasteiger partial charge in [-0.25, -0.2) is 8.78 Å². The first-order valence-corrected chi connectivity index (χ1v) is 7.27. The Morgan fingerprint density at radius 3 is 2.30 bits per heavy atom. The molecule has 0 atom stereocenters. The summed E-state index contributed by atoms with van der Waals surface area (Å²) in [6.45, 7) is 3.88. The Morgan fingerprint density at radius 2 is 1.78 bits per heavy atom. The maximum absolute atomic E-state index is 14.4. The molecular weight excluding hydrogens is 298 g/mol. The van der Waals surface area contributed by atoms with Gasteiger partial charge >= 0.3 is 0 Å². The average Bonchev–Trinajstić information content (AvgIpc) is 2.53. The highest BCUT2D eigenvalue weighted by Crippen LogP contribution is 2.40. The molecule has 0 amide bonds. The summed E-state index contributed by atoms with van der Waals surface area (Å²) in [5.74, 6) is -0.746. The van der Waals surface area contributed by atoms with Crippen LogP contribution in [0.4, 0.5) is 8.78 Å². The molecule has 0 saturated carbocycles. The predicted octanol–water partition coefficient (Wildman–Crippen LogP) is 4.98. The van der Waals surface area contributed by atoms with Gasteiger partial charge in [-0.2, -0.15) is 0 Å². The summed E-state index contributed by atoms with van der Waals surface area (Å²) in [6, 6.07) is 7.16. The van der Waals surface area contributed by atoms with E-state index in [2.05, 4.69) is 0 Å². The van der Waals surface area contributed by atoms with Crippen molar-refractivity contribution in [1.29, 1.82) is 0 Å². The van der Waals surface area contributed by atoms with Gasteiger partial charge in [-0.15, -0.1) is 0 Å². The standard InChI is InChI=1S/C19H18F2O2/c1-12(2)16-11-17(21)19(23-3)18(15(16)5-4-10-22)13-6-8-14(20)9-7-13/h4-12H,1-3H3. The number of methoxy groups -OCH3 is 1. The maximum Gasteiger partial charge on any atom is 0.166 e. The second kappa shape index (κ2) is 7.18. The molecule has 0 N–H and O–H groups in total. The molecular formula is C19H18F2O2. The molecule has 0 fully saturated rings. The highest BCUT2D eigenvalue weighted by molar-refractivity contribution is 5.86. The third-order valence-corrected chi connectivity index (χ3v) is 3.61. The topological polar surface area (TPSA) is 26.3 Å². The molecule has 0 aromatic heterocycles. The number of aldehydes is 1. The lowest BCUT2D eigenvalue weighted by Gasteiger charge is -2.19. The number of carbonyl (C=O) groups excluding carboxylic acids is 1. The van der Waals surface area contributed by atoms with Gasteiger partial charge in [-0.3, -0.25) is 4.79 Å². The zero-order valence-corrected chi connectivity index (χ0v) is 13.3. The Morgan fingerprint density at radius 1 is 1.13 bits per heavy atom. The number of hydrogen-bond acceptors (Lipinski definition) is 2. The molecule has 2 rings (SSSR count). The van der Waals surface area contributed by atoms with Crippen molar-refractivity contribution in [3.8, 4) is 16.9 Å². The van der Waals surface area contributed by atoms with E-state index in [0.29, 0.717) is 23.0 Å². The molecule has 120 valence electrons. The van der Waals surface area contributed by atoms with Crippen LogP contribution < -0.4 is 4.74 Å². The fourth-order valence-corrected chi connectivity index (χ4v) is 2.56. The Hall–Kier alpha value is -2.49. The van der Waals surface area contributed by atoms with Gasteiger partial charge in [0.25, 0.3) is 0 Å². The van der Waals surface area contributed by atoms with E-state index in [1.807, 2.05) is 13.8 Å². The van der Waals surface area contributed by atoms with Gasteiger partial charge in [0.1, 0.15) is 12.1 Å². The minimum atomic E-state index is -0.487. The lowest BCUT2D eigenvalue weighted by molar-refractivity contribution is -0.104. The van der Waals surface area contributed by atoms with Crippen molar-refractivity contribution in [2.75, 3.05) is 7.11 Å². The summed E-state index contributed by atoms with van der Waals surface area (Å²) in [5, 5.41) is 0. The lowest BCUT2D eigenvalue weighted by Crippen LogP contribution is -2.02. The van der Waals surface area contributed by atoms with Crippen molar-refractivity contribution in [1.82, 2.24) is 0 Å². The summed E-state index contributed by atoms with van der Waals surface area (Å²) >= 11 is 0. The molecule has 0 bridgehead atoms. The van der Waals surface area contributed by atoms with E-state index in [9.17, 15) is 13.6 Å². The molecule has 2 nitrogen and oxygen atoms in total. The van der Waals surface area contributed by atoms with Crippen LogP contribution in [0.5, 0.6) is 5.75 Å². The van der Waals surface area contributed by atoms with E-state index in [4.69, 9.17) is 4.74 Å². The number of halogens is 2. The number of benzene rings is 2. The van der Waals surface area contributed by atoms with Crippen molar-refractivity contribution in [2.45, 2.75) is 19.8 Å². The highest BCUT2D eigenvalue weighted by atomic mass is 19.1. The van der Waals surface area contributed by atoms with E-state index in [1.165, 1.54) is 31.4 Å². The minimum Gasteiger partial charge on any atom is -0.493 e. The molecule has 4 heteroatoms. The highest BCUT2D eigenvalue weighted by Gasteiger charge is 2.20. The van der Waals surface area contributed by atoms with Crippen LogP contribution in [-0.4, -0.2) is 13.4 Å². The monoisotopic (exact) mass is 316 g/mol. The van der Waals surface area contributed by atoms with E-state index < -0.39 is 5.82 Å². The van der Waals surface area contributed by atoms with Gasteiger partial charge in [0, 0.05) is 5.56 Å². The third-order valence-electron chi connectivity index (χ3n) is 3.61. The molecule has 0 spiro atoms. The van der Waals surface area contributed by atoms with Gasteiger partial charge in [0.05, 0.1) is 7.11 Å². The van der Waals surface area contributed by atoms with Crippen molar-refractivity contribution in [3.63, 3.8) is 0 Å². The predicted molar refractivity (Wildman–Crippen MR) is 87.5 cm³/mol. The Balaban J connectivity index is 2.85. The summed E-state index contributed by atoms with van der Waals surface area (Å²) in [7, 11) is 1.38. The minimum absolute atomic E-state index is 0.0425. The van der Waals surface area contributed by atoms with Crippen molar-refractivity contribution in [2.24, 2.45) is 0 Å². The van der Waals surface area contributed by atoms with Gasteiger partial charge in [-0.1, -0.05) is 32.1 Å². The summed E-state index contributed by atoms with van der Waals surface area (Å²) in [6.07, 6.45) is 3.64. The molecule has 2 aromatic rings. The first kappa shape index (κ1) is 16.9. The number of rotatable bonds is 5. The van der Waals surface area contributed by atoms with Crippen molar-refractivity contribution in [3.05, 3.63) is 59.2 Å².